The predicted octanol–water partition coefficient (Wildman–Crippen LogP) is 3.97. The summed E-state index contributed by atoms with van der Waals surface area (Å²) in [7, 11) is 0. The first-order valence-electron chi connectivity index (χ1n) is 6.30. The molecular formula is C15H15N3OS. The first-order valence-corrected chi connectivity index (χ1v) is 7.24. The summed E-state index contributed by atoms with van der Waals surface area (Å²) in [5, 5.41) is 8.18. The van der Waals surface area contributed by atoms with Crippen LogP contribution in [-0.4, -0.2) is 10.1 Å². The van der Waals surface area contributed by atoms with Crippen LogP contribution in [0.15, 0.2) is 27.4 Å². The van der Waals surface area contributed by atoms with E-state index in [0.717, 1.165) is 27.8 Å². The molecular weight excluding hydrogens is 270 g/mol. The van der Waals surface area contributed by atoms with Crippen LogP contribution in [0, 0.1) is 20.8 Å². The largest absolute Gasteiger partial charge is 0.399 e. The van der Waals surface area contributed by atoms with Gasteiger partial charge in [0.05, 0.1) is 0 Å². The lowest BCUT2D eigenvalue weighted by molar-refractivity contribution is 0.432. The minimum Gasteiger partial charge on any atom is -0.399 e. The Morgan fingerprint density at radius 2 is 1.85 bits per heavy atom. The smallest absolute Gasteiger partial charge is 0.258 e. The fourth-order valence-electron chi connectivity index (χ4n) is 2.14. The number of benzene rings is 1. The van der Waals surface area contributed by atoms with Crippen LogP contribution in [0.2, 0.25) is 0 Å². The fourth-order valence-corrected chi connectivity index (χ4v) is 2.97. The second kappa shape index (κ2) is 4.76. The summed E-state index contributed by atoms with van der Waals surface area (Å²) >= 11 is 1.63. The van der Waals surface area contributed by atoms with Crippen LogP contribution < -0.4 is 5.73 Å². The van der Waals surface area contributed by atoms with E-state index in [1.54, 1.807) is 11.3 Å². The van der Waals surface area contributed by atoms with Crippen molar-refractivity contribution in [1.29, 1.82) is 0 Å². The number of aryl methyl sites for hydroxylation is 2. The quantitative estimate of drug-likeness (QED) is 0.723. The molecule has 0 saturated heterocycles. The van der Waals surface area contributed by atoms with Crippen LogP contribution in [0.25, 0.3) is 22.8 Å². The fraction of sp³-hybridized carbons (Fsp3) is 0.200. The molecule has 2 heterocycles. The average Bonchev–Trinajstić information content (AvgIpc) is 3.02. The van der Waals surface area contributed by atoms with Gasteiger partial charge in [-0.05, 0) is 55.0 Å². The van der Waals surface area contributed by atoms with Crippen molar-refractivity contribution in [3.8, 4) is 22.8 Å². The Bertz CT molecular complexity index is 773. The van der Waals surface area contributed by atoms with Gasteiger partial charge in [0.25, 0.3) is 5.89 Å². The number of nitrogen functional groups attached to an aromatic ring is 1. The van der Waals surface area contributed by atoms with E-state index in [1.165, 1.54) is 0 Å². The number of anilines is 1. The van der Waals surface area contributed by atoms with Crippen molar-refractivity contribution in [3.05, 3.63) is 39.6 Å². The van der Waals surface area contributed by atoms with Gasteiger partial charge in [-0.1, -0.05) is 5.16 Å². The zero-order chi connectivity index (χ0) is 14.3. The first kappa shape index (κ1) is 12.9. The van der Waals surface area contributed by atoms with Crippen LogP contribution in [0.4, 0.5) is 5.69 Å². The lowest BCUT2D eigenvalue weighted by atomic mass is 10.0. The number of rotatable bonds is 2. The van der Waals surface area contributed by atoms with E-state index in [0.29, 0.717) is 17.4 Å². The summed E-state index contributed by atoms with van der Waals surface area (Å²) < 4.78 is 5.41. The van der Waals surface area contributed by atoms with Gasteiger partial charge in [-0.2, -0.15) is 16.3 Å². The third-order valence-corrected chi connectivity index (χ3v) is 4.30. The molecule has 0 spiro atoms. The molecule has 0 bridgehead atoms. The van der Waals surface area contributed by atoms with Crippen molar-refractivity contribution < 1.29 is 4.52 Å². The van der Waals surface area contributed by atoms with Gasteiger partial charge in [0.2, 0.25) is 5.82 Å². The molecule has 2 aromatic heterocycles. The molecule has 5 heteroatoms. The van der Waals surface area contributed by atoms with Crippen molar-refractivity contribution >= 4 is 17.0 Å². The number of thiophene rings is 1. The second-order valence-corrected chi connectivity index (χ2v) is 5.65. The van der Waals surface area contributed by atoms with Crippen molar-refractivity contribution in [1.82, 2.24) is 10.1 Å². The molecule has 20 heavy (non-hydrogen) atoms. The van der Waals surface area contributed by atoms with E-state index in [4.69, 9.17) is 10.3 Å². The maximum atomic E-state index is 5.90. The lowest BCUT2D eigenvalue weighted by Crippen LogP contribution is -1.93. The molecule has 0 saturated carbocycles. The molecule has 0 fully saturated rings. The molecule has 102 valence electrons. The molecule has 3 aromatic rings. The summed E-state index contributed by atoms with van der Waals surface area (Å²) in [6.45, 7) is 6.09. The highest BCUT2D eigenvalue weighted by molar-refractivity contribution is 7.08. The number of nitrogens with zero attached hydrogens (tertiary/aromatic N) is 2. The summed E-state index contributed by atoms with van der Waals surface area (Å²) in [6, 6.07) is 3.82. The molecule has 0 radical (unpaired) electrons. The molecule has 0 amide bonds. The van der Waals surface area contributed by atoms with Crippen molar-refractivity contribution in [2.75, 3.05) is 5.73 Å². The van der Waals surface area contributed by atoms with E-state index in [-0.39, 0.29) is 0 Å². The van der Waals surface area contributed by atoms with Gasteiger partial charge in [0.15, 0.2) is 0 Å². The molecule has 0 unspecified atom stereocenters. The summed E-state index contributed by atoms with van der Waals surface area (Å²) in [5.41, 5.74) is 11.9. The van der Waals surface area contributed by atoms with Crippen LogP contribution >= 0.6 is 11.3 Å². The van der Waals surface area contributed by atoms with Crippen molar-refractivity contribution in [2.45, 2.75) is 20.8 Å². The van der Waals surface area contributed by atoms with Crippen LogP contribution in [0.3, 0.4) is 0 Å². The minimum absolute atomic E-state index is 0.513. The predicted molar refractivity (Wildman–Crippen MR) is 81.7 cm³/mol. The Balaban J connectivity index is 2.09. The Morgan fingerprint density at radius 1 is 1.05 bits per heavy atom. The highest BCUT2D eigenvalue weighted by Gasteiger charge is 2.15. The molecule has 0 aliphatic heterocycles. The summed E-state index contributed by atoms with van der Waals surface area (Å²) in [5.74, 6) is 1.14. The zero-order valence-corrected chi connectivity index (χ0v) is 12.4. The molecule has 3 rings (SSSR count). The minimum atomic E-state index is 0.513. The molecule has 4 nitrogen and oxygen atoms in total. The zero-order valence-electron chi connectivity index (χ0n) is 11.6. The third-order valence-electron chi connectivity index (χ3n) is 3.44. The molecule has 0 atom stereocenters. The maximum Gasteiger partial charge on any atom is 0.258 e. The summed E-state index contributed by atoms with van der Waals surface area (Å²) in [6.07, 6.45) is 0. The topological polar surface area (TPSA) is 64.9 Å². The number of hydrogen-bond donors (Lipinski definition) is 1. The standard InChI is InChI=1S/C15H15N3OS/c1-8-4-11(16)5-12(10(8)3)15-17-14(18-19-15)13-7-20-6-9(13)2/h4-7H,16H2,1-3H3. The van der Waals surface area contributed by atoms with E-state index < -0.39 is 0 Å². The summed E-state index contributed by atoms with van der Waals surface area (Å²) in [4.78, 5) is 4.50. The van der Waals surface area contributed by atoms with Gasteiger partial charge in [-0.15, -0.1) is 0 Å². The maximum absolute atomic E-state index is 5.90. The third kappa shape index (κ3) is 2.10. The van der Waals surface area contributed by atoms with Gasteiger partial charge in [-0.3, -0.25) is 0 Å². The van der Waals surface area contributed by atoms with Gasteiger partial charge < -0.3 is 10.3 Å². The molecule has 1 aromatic carbocycles. The number of nitrogens with two attached hydrogens (primary N) is 1. The first-order chi connectivity index (χ1) is 9.56. The van der Waals surface area contributed by atoms with Crippen molar-refractivity contribution in [3.63, 3.8) is 0 Å². The van der Waals surface area contributed by atoms with Crippen LogP contribution in [0.1, 0.15) is 16.7 Å². The van der Waals surface area contributed by atoms with Crippen LogP contribution in [0.5, 0.6) is 0 Å². The average molecular weight is 285 g/mol. The SMILES string of the molecule is Cc1cscc1-c1noc(-c2cc(N)cc(C)c2C)n1. The van der Waals surface area contributed by atoms with Crippen molar-refractivity contribution in [2.24, 2.45) is 0 Å². The van der Waals surface area contributed by atoms with Gasteiger partial charge in [0.1, 0.15) is 0 Å². The van der Waals surface area contributed by atoms with Crippen LogP contribution in [-0.2, 0) is 0 Å². The Kier molecular flexibility index (Phi) is 3.06. The number of hydrogen-bond acceptors (Lipinski definition) is 5. The molecule has 2 N–H and O–H groups in total. The highest BCUT2D eigenvalue weighted by Crippen LogP contribution is 2.30. The van der Waals surface area contributed by atoms with E-state index in [9.17, 15) is 0 Å². The Hall–Kier alpha value is -2.14. The van der Waals surface area contributed by atoms with E-state index in [2.05, 4.69) is 15.5 Å². The number of aromatic nitrogens is 2. The molecule has 0 aliphatic carbocycles. The van der Waals surface area contributed by atoms with Gasteiger partial charge in [0, 0.05) is 22.2 Å². The lowest BCUT2D eigenvalue weighted by Gasteiger charge is -2.06. The Labute approximate surface area is 121 Å². The molecule has 0 aliphatic rings. The van der Waals surface area contributed by atoms with E-state index >= 15 is 0 Å². The van der Waals surface area contributed by atoms with Gasteiger partial charge in [-0.25, -0.2) is 0 Å². The monoisotopic (exact) mass is 285 g/mol. The van der Waals surface area contributed by atoms with Gasteiger partial charge >= 0.3 is 0 Å². The highest BCUT2D eigenvalue weighted by atomic mass is 32.1. The Morgan fingerprint density at radius 3 is 2.55 bits per heavy atom. The second-order valence-electron chi connectivity index (χ2n) is 4.90. The normalized spacial score (nSPS) is 10.9. The van der Waals surface area contributed by atoms with E-state index in [1.807, 2.05) is 38.3 Å².